The van der Waals surface area contributed by atoms with Crippen molar-refractivity contribution >= 4 is 29.1 Å². The van der Waals surface area contributed by atoms with E-state index in [1.807, 2.05) is 36.4 Å². The van der Waals surface area contributed by atoms with Crippen LogP contribution in [0.25, 0.3) is 5.65 Å². The number of nitrogens with one attached hydrogen (secondary N) is 1. The lowest BCUT2D eigenvalue weighted by molar-refractivity contribution is -0.153. The fourth-order valence-electron chi connectivity index (χ4n) is 5.03. The lowest BCUT2D eigenvalue weighted by Crippen LogP contribution is -2.45. The van der Waals surface area contributed by atoms with Crippen LogP contribution in [0.15, 0.2) is 59.5 Å². The number of para-hydroxylation sites is 1. The third-order valence-electron chi connectivity index (χ3n) is 6.67. The molecule has 182 valence electrons. The number of ether oxygens (including phenoxy) is 2. The summed E-state index contributed by atoms with van der Waals surface area (Å²) in [7, 11) is 2.54. The van der Waals surface area contributed by atoms with Crippen molar-refractivity contribution in [1.29, 1.82) is 0 Å². The van der Waals surface area contributed by atoms with E-state index in [9.17, 15) is 14.4 Å². The lowest BCUT2D eigenvalue weighted by atomic mass is 9.89. The highest BCUT2D eigenvalue weighted by Crippen LogP contribution is 2.39. The Morgan fingerprint density at radius 2 is 1.66 bits per heavy atom. The smallest absolute Gasteiger partial charge is 0.331 e. The van der Waals surface area contributed by atoms with E-state index in [1.165, 1.54) is 18.6 Å². The van der Waals surface area contributed by atoms with Gasteiger partial charge in [-0.1, -0.05) is 24.3 Å². The summed E-state index contributed by atoms with van der Waals surface area (Å²) < 4.78 is 11.7. The quantitative estimate of drug-likeness (QED) is 0.550. The van der Waals surface area contributed by atoms with Crippen LogP contribution in [-0.2, 0) is 19.1 Å². The summed E-state index contributed by atoms with van der Waals surface area (Å²) in [5.41, 5.74) is 4.45. The zero-order valence-electron chi connectivity index (χ0n) is 19.6. The van der Waals surface area contributed by atoms with E-state index in [2.05, 4.69) is 10.3 Å². The molecule has 2 aliphatic rings. The standard InChI is InChI=1S/C25H27N5O5/c1-34-24(32)18-20(27-30(21(18)25(33)35-2)16-10-4-3-5-11-16)19-22(28-13-8-9-14-28)26-17-12-6-7-15-29(17)23(19)31/h3-7,10-12,15,18,20-21,27H,8-9,13-14H2,1-2H3/t18-,20-,21-/m1/s1. The number of fused-ring (bicyclic) bond motifs is 1. The molecule has 10 nitrogen and oxygen atoms in total. The topological polar surface area (TPSA) is 105 Å². The van der Waals surface area contributed by atoms with E-state index in [0.29, 0.717) is 22.7 Å². The van der Waals surface area contributed by atoms with Crippen LogP contribution in [0, 0.1) is 5.92 Å². The van der Waals surface area contributed by atoms with Gasteiger partial charge in [0, 0.05) is 19.3 Å². The average molecular weight is 478 g/mol. The maximum atomic E-state index is 13.9. The molecule has 0 radical (unpaired) electrons. The third-order valence-corrected chi connectivity index (χ3v) is 6.67. The third kappa shape index (κ3) is 3.89. The summed E-state index contributed by atoms with van der Waals surface area (Å²) in [6.07, 6.45) is 3.61. The number of aromatic nitrogens is 2. The summed E-state index contributed by atoms with van der Waals surface area (Å²) in [6.45, 7) is 1.50. The average Bonchev–Trinajstić information content (AvgIpc) is 3.57. The number of esters is 2. The Kier molecular flexibility index (Phi) is 6.12. The molecule has 2 fully saturated rings. The minimum absolute atomic E-state index is 0.303. The van der Waals surface area contributed by atoms with Crippen molar-refractivity contribution in [3.05, 3.63) is 70.6 Å². The lowest BCUT2D eigenvalue weighted by Gasteiger charge is -2.25. The van der Waals surface area contributed by atoms with Crippen LogP contribution < -0.4 is 20.9 Å². The number of pyridine rings is 1. The van der Waals surface area contributed by atoms with Crippen LogP contribution in [0.5, 0.6) is 0 Å². The number of hydrogen-bond acceptors (Lipinski definition) is 9. The van der Waals surface area contributed by atoms with Gasteiger partial charge in [0.25, 0.3) is 5.56 Å². The van der Waals surface area contributed by atoms with Gasteiger partial charge < -0.3 is 14.4 Å². The molecule has 0 aliphatic carbocycles. The van der Waals surface area contributed by atoms with Gasteiger partial charge in [0.15, 0.2) is 6.04 Å². The van der Waals surface area contributed by atoms with Crippen LogP contribution >= 0.6 is 0 Å². The zero-order valence-corrected chi connectivity index (χ0v) is 19.6. The second-order valence-electron chi connectivity index (χ2n) is 8.61. The van der Waals surface area contributed by atoms with Gasteiger partial charge in [0.2, 0.25) is 0 Å². The minimum Gasteiger partial charge on any atom is -0.469 e. The number of methoxy groups -OCH3 is 2. The Morgan fingerprint density at radius 3 is 2.34 bits per heavy atom. The Hall–Kier alpha value is -3.92. The molecule has 2 saturated heterocycles. The highest BCUT2D eigenvalue weighted by molar-refractivity contribution is 5.89. The predicted octanol–water partition coefficient (Wildman–Crippen LogP) is 1.69. The first kappa shape index (κ1) is 22.9. The van der Waals surface area contributed by atoms with Crippen molar-refractivity contribution in [2.24, 2.45) is 5.92 Å². The van der Waals surface area contributed by atoms with Crippen LogP contribution in [0.3, 0.4) is 0 Å². The van der Waals surface area contributed by atoms with Crippen molar-refractivity contribution in [2.45, 2.75) is 24.9 Å². The number of benzene rings is 1. The molecule has 0 unspecified atom stereocenters. The van der Waals surface area contributed by atoms with Crippen LogP contribution in [0.2, 0.25) is 0 Å². The van der Waals surface area contributed by atoms with E-state index in [1.54, 1.807) is 23.3 Å². The summed E-state index contributed by atoms with van der Waals surface area (Å²) in [5, 5.41) is 1.59. The fourth-order valence-corrected chi connectivity index (χ4v) is 5.03. The monoisotopic (exact) mass is 477 g/mol. The summed E-state index contributed by atoms with van der Waals surface area (Å²) >= 11 is 0. The van der Waals surface area contributed by atoms with Crippen molar-refractivity contribution in [3.8, 4) is 0 Å². The molecule has 2 aliphatic heterocycles. The molecule has 5 rings (SSSR count). The number of carbonyl (C=O) groups excluding carboxylic acids is 2. The van der Waals surface area contributed by atoms with Crippen LogP contribution in [0.1, 0.15) is 24.4 Å². The van der Waals surface area contributed by atoms with E-state index in [4.69, 9.17) is 14.5 Å². The summed E-state index contributed by atoms with van der Waals surface area (Å²) in [4.78, 5) is 47.0. The largest absolute Gasteiger partial charge is 0.469 e. The predicted molar refractivity (Wildman–Crippen MR) is 129 cm³/mol. The number of hydrazine groups is 1. The highest BCUT2D eigenvalue weighted by Gasteiger charge is 2.53. The number of nitrogens with zero attached hydrogens (tertiary/aromatic N) is 4. The van der Waals surface area contributed by atoms with Crippen LogP contribution in [0.4, 0.5) is 11.5 Å². The number of anilines is 2. The molecule has 4 heterocycles. The molecule has 0 spiro atoms. The van der Waals surface area contributed by atoms with Gasteiger partial charge in [0.1, 0.15) is 17.4 Å². The Balaban J connectivity index is 1.74. The van der Waals surface area contributed by atoms with Gasteiger partial charge in [-0.3, -0.25) is 19.0 Å². The van der Waals surface area contributed by atoms with Gasteiger partial charge in [-0.15, -0.1) is 0 Å². The van der Waals surface area contributed by atoms with E-state index in [-0.39, 0.29) is 5.56 Å². The normalized spacial score (nSPS) is 21.9. The Labute approximate surface area is 202 Å². The molecule has 1 N–H and O–H groups in total. The van der Waals surface area contributed by atoms with Gasteiger partial charge in [-0.05, 0) is 37.1 Å². The molecule has 35 heavy (non-hydrogen) atoms. The number of hydrogen-bond donors (Lipinski definition) is 1. The second-order valence-corrected chi connectivity index (χ2v) is 8.61. The molecule has 0 amide bonds. The summed E-state index contributed by atoms with van der Waals surface area (Å²) in [6, 6.07) is 12.6. The van der Waals surface area contributed by atoms with E-state index in [0.717, 1.165) is 25.9 Å². The van der Waals surface area contributed by atoms with E-state index >= 15 is 0 Å². The van der Waals surface area contributed by atoms with Gasteiger partial charge in [-0.2, -0.15) is 0 Å². The minimum atomic E-state index is -1.05. The first-order valence-electron chi connectivity index (χ1n) is 11.6. The molecule has 0 saturated carbocycles. The Morgan fingerprint density at radius 1 is 0.971 bits per heavy atom. The fraction of sp³-hybridized carbons (Fsp3) is 0.360. The molecule has 3 atom stereocenters. The number of rotatable bonds is 5. The van der Waals surface area contributed by atoms with Gasteiger partial charge in [-0.25, -0.2) is 15.2 Å². The highest BCUT2D eigenvalue weighted by atomic mass is 16.5. The molecular formula is C25H27N5O5. The Bertz CT molecular complexity index is 1300. The van der Waals surface area contributed by atoms with Crippen molar-refractivity contribution in [2.75, 3.05) is 37.2 Å². The molecule has 1 aromatic carbocycles. The first-order chi connectivity index (χ1) is 17.0. The molecule has 3 aromatic rings. The summed E-state index contributed by atoms with van der Waals surface area (Å²) in [5.74, 6) is -1.77. The SMILES string of the molecule is COC(=O)[C@@H]1[C@H](c2c(N3CCCC3)nc3ccccn3c2=O)NN(c2ccccc2)[C@H]1C(=O)OC. The van der Waals surface area contributed by atoms with Crippen LogP contribution in [-0.4, -0.2) is 54.7 Å². The number of carbonyl (C=O) groups is 2. The molecule has 10 heteroatoms. The van der Waals surface area contributed by atoms with Gasteiger partial charge in [0.05, 0.1) is 31.5 Å². The molecule has 2 aromatic heterocycles. The maximum absolute atomic E-state index is 13.9. The van der Waals surface area contributed by atoms with Crippen molar-refractivity contribution in [3.63, 3.8) is 0 Å². The second kappa shape index (κ2) is 9.38. The zero-order chi connectivity index (χ0) is 24.5. The maximum Gasteiger partial charge on any atom is 0.331 e. The van der Waals surface area contributed by atoms with Gasteiger partial charge >= 0.3 is 11.9 Å². The van der Waals surface area contributed by atoms with Crippen molar-refractivity contribution < 1.29 is 19.1 Å². The molecular weight excluding hydrogens is 450 g/mol. The van der Waals surface area contributed by atoms with E-state index < -0.39 is 29.9 Å². The first-order valence-corrected chi connectivity index (χ1v) is 11.6. The van der Waals surface area contributed by atoms with Crippen molar-refractivity contribution in [1.82, 2.24) is 14.8 Å². The molecule has 0 bridgehead atoms.